The van der Waals surface area contributed by atoms with Crippen LogP contribution in [0.5, 0.6) is 11.5 Å². The molecule has 2 heterocycles. The van der Waals surface area contributed by atoms with E-state index < -0.39 is 0 Å². The van der Waals surface area contributed by atoms with Gasteiger partial charge in [-0.2, -0.15) is 0 Å². The molecule has 0 aliphatic carbocycles. The van der Waals surface area contributed by atoms with Crippen LogP contribution in [0.3, 0.4) is 0 Å². The summed E-state index contributed by atoms with van der Waals surface area (Å²) in [5.74, 6) is -0.0231. The lowest BCUT2D eigenvalue weighted by Crippen LogP contribution is -2.49. The molecular formula is C18H26N2O4. The number of benzene rings is 1. The first-order valence-electron chi connectivity index (χ1n) is 8.67. The highest BCUT2D eigenvalue weighted by molar-refractivity contribution is 5.97. The standard InChI is InChI=1S/C18H26N2O4/c1-23-16-4-2-3-15(17(16)21)18(22)19-13-5-9-20(10-6-13)14-7-11-24-12-8-14/h2-4,13-14,21H,5-12H2,1H3,(H,19,22). The van der Waals surface area contributed by atoms with Gasteiger partial charge < -0.3 is 24.8 Å². The van der Waals surface area contributed by atoms with Gasteiger partial charge in [-0.15, -0.1) is 0 Å². The van der Waals surface area contributed by atoms with E-state index in [9.17, 15) is 9.90 Å². The fourth-order valence-corrected chi connectivity index (χ4v) is 3.59. The minimum atomic E-state index is -0.240. The van der Waals surface area contributed by atoms with E-state index in [1.165, 1.54) is 7.11 Å². The van der Waals surface area contributed by atoms with Gasteiger partial charge >= 0.3 is 0 Å². The topological polar surface area (TPSA) is 71.0 Å². The molecule has 3 rings (SSSR count). The van der Waals surface area contributed by atoms with Crippen molar-refractivity contribution in [3.8, 4) is 11.5 Å². The Bertz CT molecular complexity index is 564. The quantitative estimate of drug-likeness (QED) is 0.878. The Morgan fingerprint density at radius 2 is 1.96 bits per heavy atom. The third-order valence-corrected chi connectivity index (χ3v) is 5.04. The lowest BCUT2D eigenvalue weighted by atomic mass is 9.99. The van der Waals surface area contributed by atoms with Gasteiger partial charge in [-0.25, -0.2) is 0 Å². The molecule has 0 spiro atoms. The van der Waals surface area contributed by atoms with E-state index in [1.807, 2.05) is 0 Å². The summed E-state index contributed by atoms with van der Waals surface area (Å²) in [6, 6.07) is 5.74. The van der Waals surface area contributed by atoms with Crippen molar-refractivity contribution in [2.24, 2.45) is 0 Å². The van der Waals surface area contributed by atoms with Crippen LogP contribution in [0.4, 0.5) is 0 Å². The van der Waals surface area contributed by atoms with Gasteiger partial charge in [0.1, 0.15) is 0 Å². The predicted molar refractivity (Wildman–Crippen MR) is 90.6 cm³/mol. The van der Waals surface area contributed by atoms with Crippen molar-refractivity contribution in [1.82, 2.24) is 10.2 Å². The molecule has 2 aliphatic heterocycles. The summed E-state index contributed by atoms with van der Waals surface area (Å²) in [5, 5.41) is 13.1. The van der Waals surface area contributed by atoms with Crippen LogP contribution in [0.25, 0.3) is 0 Å². The van der Waals surface area contributed by atoms with Crippen molar-refractivity contribution in [2.75, 3.05) is 33.4 Å². The number of methoxy groups -OCH3 is 1. The molecular weight excluding hydrogens is 308 g/mol. The Labute approximate surface area is 142 Å². The summed E-state index contributed by atoms with van der Waals surface area (Å²) >= 11 is 0. The second-order valence-corrected chi connectivity index (χ2v) is 6.48. The van der Waals surface area contributed by atoms with E-state index in [2.05, 4.69) is 10.2 Å². The van der Waals surface area contributed by atoms with Crippen molar-refractivity contribution in [3.05, 3.63) is 23.8 Å². The molecule has 0 radical (unpaired) electrons. The molecule has 24 heavy (non-hydrogen) atoms. The lowest BCUT2D eigenvalue weighted by molar-refractivity contribution is 0.0238. The highest BCUT2D eigenvalue weighted by Gasteiger charge is 2.27. The van der Waals surface area contributed by atoms with Crippen LogP contribution in [-0.4, -0.2) is 61.4 Å². The zero-order valence-corrected chi connectivity index (χ0v) is 14.2. The van der Waals surface area contributed by atoms with E-state index in [-0.39, 0.29) is 23.3 Å². The number of ether oxygens (including phenoxy) is 2. The summed E-state index contributed by atoms with van der Waals surface area (Å²) in [6.07, 6.45) is 4.09. The fourth-order valence-electron chi connectivity index (χ4n) is 3.59. The average Bonchev–Trinajstić information content (AvgIpc) is 2.63. The number of hydrogen-bond donors (Lipinski definition) is 2. The molecule has 0 atom stereocenters. The third-order valence-electron chi connectivity index (χ3n) is 5.04. The fraction of sp³-hybridized carbons (Fsp3) is 0.611. The second kappa shape index (κ2) is 7.85. The maximum absolute atomic E-state index is 12.4. The van der Waals surface area contributed by atoms with E-state index in [4.69, 9.17) is 9.47 Å². The first kappa shape index (κ1) is 17.0. The van der Waals surface area contributed by atoms with Gasteiger partial charge in [0, 0.05) is 38.4 Å². The zero-order chi connectivity index (χ0) is 16.9. The molecule has 2 fully saturated rings. The van der Waals surface area contributed by atoms with E-state index in [0.29, 0.717) is 11.8 Å². The Morgan fingerprint density at radius 3 is 2.62 bits per heavy atom. The molecule has 2 N–H and O–H groups in total. The number of rotatable bonds is 4. The molecule has 0 saturated carbocycles. The zero-order valence-electron chi connectivity index (χ0n) is 14.2. The molecule has 2 saturated heterocycles. The minimum Gasteiger partial charge on any atom is -0.504 e. The van der Waals surface area contributed by atoms with Crippen LogP contribution in [0, 0.1) is 0 Å². The summed E-state index contributed by atoms with van der Waals surface area (Å²) in [4.78, 5) is 15.0. The minimum absolute atomic E-state index is 0.0999. The van der Waals surface area contributed by atoms with Crippen LogP contribution in [-0.2, 0) is 4.74 Å². The van der Waals surface area contributed by atoms with Gasteiger partial charge in [-0.1, -0.05) is 6.07 Å². The van der Waals surface area contributed by atoms with E-state index in [1.54, 1.807) is 18.2 Å². The Balaban J connectivity index is 1.53. The molecule has 2 aliphatic rings. The number of amides is 1. The van der Waals surface area contributed by atoms with Gasteiger partial charge in [0.2, 0.25) is 0 Å². The van der Waals surface area contributed by atoms with Crippen LogP contribution < -0.4 is 10.1 Å². The molecule has 1 amide bonds. The summed E-state index contributed by atoms with van der Waals surface area (Å²) in [5.41, 5.74) is 0.265. The first-order valence-corrected chi connectivity index (χ1v) is 8.67. The molecule has 0 bridgehead atoms. The SMILES string of the molecule is COc1cccc(C(=O)NC2CCN(C3CCOCC3)CC2)c1O. The number of para-hydroxylation sites is 1. The monoisotopic (exact) mass is 334 g/mol. The van der Waals surface area contributed by atoms with Crippen molar-refractivity contribution in [3.63, 3.8) is 0 Å². The molecule has 1 aromatic rings. The third kappa shape index (κ3) is 3.82. The Morgan fingerprint density at radius 1 is 1.25 bits per heavy atom. The largest absolute Gasteiger partial charge is 0.504 e. The van der Waals surface area contributed by atoms with Gasteiger partial charge in [0.15, 0.2) is 11.5 Å². The highest BCUT2D eigenvalue weighted by atomic mass is 16.5. The van der Waals surface area contributed by atoms with Crippen LogP contribution >= 0.6 is 0 Å². The number of phenols is 1. The van der Waals surface area contributed by atoms with Gasteiger partial charge in [-0.05, 0) is 37.8 Å². The molecule has 6 heteroatoms. The van der Waals surface area contributed by atoms with Crippen molar-refractivity contribution in [2.45, 2.75) is 37.8 Å². The predicted octanol–water partition coefficient (Wildman–Crippen LogP) is 1.77. The van der Waals surface area contributed by atoms with Gasteiger partial charge in [-0.3, -0.25) is 4.79 Å². The van der Waals surface area contributed by atoms with Crippen LogP contribution in [0.1, 0.15) is 36.0 Å². The van der Waals surface area contributed by atoms with Crippen molar-refractivity contribution >= 4 is 5.91 Å². The Kier molecular flexibility index (Phi) is 5.58. The first-order chi connectivity index (χ1) is 11.7. The molecule has 0 unspecified atom stereocenters. The number of phenolic OH excluding ortho intramolecular Hbond substituents is 1. The average molecular weight is 334 g/mol. The number of hydrogen-bond acceptors (Lipinski definition) is 5. The number of aromatic hydroxyl groups is 1. The van der Waals surface area contributed by atoms with Gasteiger partial charge in [0.05, 0.1) is 12.7 Å². The normalized spacial score (nSPS) is 20.7. The summed E-state index contributed by atoms with van der Waals surface area (Å²) in [7, 11) is 1.47. The molecule has 0 aromatic heterocycles. The molecule has 6 nitrogen and oxygen atoms in total. The number of nitrogens with one attached hydrogen (secondary N) is 1. The Hall–Kier alpha value is -1.79. The second-order valence-electron chi connectivity index (χ2n) is 6.48. The number of piperidine rings is 1. The maximum Gasteiger partial charge on any atom is 0.255 e. The maximum atomic E-state index is 12.4. The summed E-state index contributed by atoms with van der Waals surface area (Å²) < 4.78 is 10.5. The number of likely N-dealkylation sites (tertiary alicyclic amines) is 1. The summed E-state index contributed by atoms with van der Waals surface area (Å²) in [6.45, 7) is 3.71. The van der Waals surface area contributed by atoms with E-state index in [0.717, 1.165) is 52.0 Å². The van der Waals surface area contributed by atoms with E-state index >= 15 is 0 Å². The van der Waals surface area contributed by atoms with Crippen molar-refractivity contribution < 1.29 is 19.4 Å². The van der Waals surface area contributed by atoms with Crippen LogP contribution in [0.15, 0.2) is 18.2 Å². The molecule has 1 aromatic carbocycles. The van der Waals surface area contributed by atoms with Crippen LogP contribution in [0.2, 0.25) is 0 Å². The number of carbonyl (C=O) groups excluding carboxylic acids is 1. The highest BCUT2D eigenvalue weighted by Crippen LogP contribution is 2.29. The van der Waals surface area contributed by atoms with Gasteiger partial charge in [0.25, 0.3) is 5.91 Å². The smallest absolute Gasteiger partial charge is 0.255 e. The molecule has 132 valence electrons. The number of nitrogens with zero attached hydrogens (tertiary/aromatic N) is 1. The number of carbonyl (C=O) groups is 1. The lowest BCUT2D eigenvalue weighted by Gasteiger charge is -2.39. The van der Waals surface area contributed by atoms with Crippen molar-refractivity contribution in [1.29, 1.82) is 0 Å².